The number of carboxylic acid groups (broad SMARTS) is 1. The third-order valence-corrected chi connectivity index (χ3v) is 5.53. The minimum absolute atomic E-state index is 0.0203. The molecule has 3 unspecified atom stereocenters. The molecule has 0 fully saturated rings. The maximum Gasteiger partial charge on any atom is 0.396 e. The van der Waals surface area contributed by atoms with E-state index in [1.807, 2.05) is 0 Å². The standard InChI is InChI=1S/C21H17Cl2F6NO3/c1-10(20(24,25)26)18(11-2-5-13(22)6-3-11)19(33)30-16-8-12(4-7-15(16)23)14(9-17(31)32)21(27,28)29/h2-8,10,14,18H,9H2,1H3,(H,30,33)(H,31,32). The minimum atomic E-state index is -4.93. The number of rotatable bonds is 7. The van der Waals surface area contributed by atoms with E-state index in [1.54, 1.807) is 0 Å². The zero-order valence-corrected chi connectivity index (χ0v) is 18.3. The van der Waals surface area contributed by atoms with Crippen molar-refractivity contribution >= 4 is 40.8 Å². The molecule has 0 heterocycles. The third-order valence-electron chi connectivity index (χ3n) is 4.95. The first-order valence-corrected chi connectivity index (χ1v) is 10.1. The average Bonchev–Trinajstić information content (AvgIpc) is 2.68. The molecule has 2 N–H and O–H groups in total. The van der Waals surface area contributed by atoms with Crippen molar-refractivity contribution in [3.05, 3.63) is 63.6 Å². The predicted octanol–water partition coefficient (Wildman–Crippen LogP) is 7.03. The highest BCUT2D eigenvalue weighted by atomic mass is 35.5. The van der Waals surface area contributed by atoms with Gasteiger partial charge in [0.2, 0.25) is 5.91 Å². The Morgan fingerprint density at radius 1 is 0.939 bits per heavy atom. The van der Waals surface area contributed by atoms with E-state index >= 15 is 0 Å². The van der Waals surface area contributed by atoms with E-state index < -0.39 is 54.0 Å². The van der Waals surface area contributed by atoms with E-state index in [9.17, 15) is 35.9 Å². The number of hydrogen-bond donors (Lipinski definition) is 2. The van der Waals surface area contributed by atoms with Crippen LogP contribution in [-0.4, -0.2) is 29.3 Å². The Balaban J connectivity index is 2.46. The smallest absolute Gasteiger partial charge is 0.396 e. The van der Waals surface area contributed by atoms with Gasteiger partial charge in [-0.1, -0.05) is 48.3 Å². The highest BCUT2D eigenvalue weighted by molar-refractivity contribution is 6.33. The second kappa shape index (κ2) is 10.2. The van der Waals surface area contributed by atoms with Gasteiger partial charge >= 0.3 is 18.3 Å². The van der Waals surface area contributed by atoms with Crippen LogP contribution < -0.4 is 5.32 Å². The van der Waals surface area contributed by atoms with Crippen LogP contribution in [-0.2, 0) is 9.59 Å². The van der Waals surface area contributed by atoms with Crippen molar-refractivity contribution in [3.8, 4) is 0 Å². The summed E-state index contributed by atoms with van der Waals surface area (Å²) in [7, 11) is 0. The lowest BCUT2D eigenvalue weighted by molar-refractivity contribution is -0.178. The lowest BCUT2D eigenvalue weighted by Gasteiger charge is -2.26. The Hall–Kier alpha value is -2.46. The van der Waals surface area contributed by atoms with Crippen molar-refractivity contribution in [3.63, 3.8) is 0 Å². The maximum atomic E-state index is 13.5. The van der Waals surface area contributed by atoms with Crippen LogP contribution >= 0.6 is 23.2 Å². The van der Waals surface area contributed by atoms with Gasteiger partial charge in [-0.05, 0) is 35.4 Å². The second-order valence-corrected chi connectivity index (χ2v) is 8.12. The van der Waals surface area contributed by atoms with Gasteiger partial charge in [-0.2, -0.15) is 26.3 Å². The Kier molecular flexibility index (Phi) is 8.29. The van der Waals surface area contributed by atoms with E-state index in [4.69, 9.17) is 28.3 Å². The topological polar surface area (TPSA) is 66.4 Å². The molecule has 0 saturated carbocycles. The number of carbonyl (C=O) groups is 2. The number of aliphatic carboxylic acids is 1. The van der Waals surface area contributed by atoms with Crippen LogP contribution in [0.25, 0.3) is 0 Å². The van der Waals surface area contributed by atoms with Crippen molar-refractivity contribution in [2.45, 2.75) is 37.5 Å². The van der Waals surface area contributed by atoms with Crippen LogP contribution in [0, 0.1) is 5.92 Å². The zero-order chi connectivity index (χ0) is 25.1. The number of halogens is 8. The van der Waals surface area contributed by atoms with Crippen LogP contribution in [0.2, 0.25) is 10.0 Å². The molecule has 12 heteroatoms. The average molecular weight is 516 g/mol. The van der Waals surface area contributed by atoms with Crippen molar-refractivity contribution in [1.82, 2.24) is 0 Å². The van der Waals surface area contributed by atoms with Crippen molar-refractivity contribution in [1.29, 1.82) is 0 Å². The number of carbonyl (C=O) groups excluding carboxylic acids is 1. The fourth-order valence-corrected chi connectivity index (χ4v) is 3.48. The number of amides is 1. The molecule has 0 aliphatic rings. The molecule has 0 radical (unpaired) electrons. The van der Waals surface area contributed by atoms with Gasteiger partial charge in [0.1, 0.15) is 0 Å². The number of benzene rings is 2. The highest BCUT2D eigenvalue weighted by Gasteiger charge is 2.45. The normalized spacial score (nSPS) is 14.9. The first-order valence-electron chi connectivity index (χ1n) is 9.32. The van der Waals surface area contributed by atoms with E-state index in [0.717, 1.165) is 25.1 Å². The van der Waals surface area contributed by atoms with Crippen LogP contribution in [0.15, 0.2) is 42.5 Å². The third kappa shape index (κ3) is 7.01. The molecule has 3 atom stereocenters. The fourth-order valence-electron chi connectivity index (χ4n) is 3.19. The summed E-state index contributed by atoms with van der Waals surface area (Å²) >= 11 is 11.7. The summed E-state index contributed by atoms with van der Waals surface area (Å²) in [6, 6.07) is 7.81. The molecule has 0 aliphatic carbocycles. The van der Waals surface area contributed by atoms with Gasteiger partial charge in [-0.15, -0.1) is 0 Å². The van der Waals surface area contributed by atoms with Crippen LogP contribution in [0.4, 0.5) is 32.0 Å². The molecule has 2 aromatic carbocycles. The number of alkyl halides is 6. The fraction of sp³-hybridized carbons (Fsp3) is 0.333. The van der Waals surface area contributed by atoms with Crippen LogP contribution in [0.3, 0.4) is 0 Å². The predicted molar refractivity (Wildman–Crippen MR) is 111 cm³/mol. The largest absolute Gasteiger partial charge is 0.481 e. The van der Waals surface area contributed by atoms with Crippen molar-refractivity contribution < 1.29 is 41.0 Å². The van der Waals surface area contributed by atoms with Crippen LogP contribution in [0.1, 0.15) is 36.3 Å². The summed E-state index contributed by atoms with van der Waals surface area (Å²) in [5, 5.41) is 11.0. The summed E-state index contributed by atoms with van der Waals surface area (Å²) in [5.41, 5.74) is -0.920. The number of nitrogens with one attached hydrogen (secondary N) is 1. The first kappa shape index (κ1) is 26.8. The highest BCUT2D eigenvalue weighted by Crippen LogP contribution is 2.41. The lowest BCUT2D eigenvalue weighted by Crippen LogP contribution is -2.34. The quantitative estimate of drug-likeness (QED) is 0.389. The molecule has 0 aliphatic heterocycles. The number of anilines is 1. The van der Waals surface area contributed by atoms with E-state index in [1.165, 1.54) is 24.3 Å². The van der Waals surface area contributed by atoms with Gasteiger partial charge in [0.15, 0.2) is 0 Å². The summed E-state index contributed by atoms with van der Waals surface area (Å²) in [6.45, 7) is 0.795. The van der Waals surface area contributed by atoms with Crippen molar-refractivity contribution in [2.75, 3.05) is 5.32 Å². The monoisotopic (exact) mass is 515 g/mol. The van der Waals surface area contributed by atoms with E-state index in [2.05, 4.69) is 5.32 Å². The molecule has 0 saturated heterocycles. The zero-order valence-electron chi connectivity index (χ0n) is 16.8. The van der Waals surface area contributed by atoms with Crippen molar-refractivity contribution in [2.24, 2.45) is 5.92 Å². The van der Waals surface area contributed by atoms with E-state index in [-0.39, 0.29) is 21.3 Å². The van der Waals surface area contributed by atoms with Crippen LogP contribution in [0.5, 0.6) is 0 Å². The molecule has 0 aromatic heterocycles. The van der Waals surface area contributed by atoms with Gasteiger partial charge < -0.3 is 10.4 Å². The summed E-state index contributed by atoms with van der Waals surface area (Å²) in [6.07, 6.45) is -11.0. The van der Waals surface area contributed by atoms with Gasteiger partial charge in [-0.3, -0.25) is 9.59 Å². The lowest BCUT2D eigenvalue weighted by atomic mass is 9.85. The van der Waals surface area contributed by atoms with Gasteiger partial charge in [0.05, 0.1) is 34.9 Å². The van der Waals surface area contributed by atoms with E-state index in [0.29, 0.717) is 0 Å². The molecule has 2 rings (SSSR count). The number of carboxylic acids is 1. The molecule has 33 heavy (non-hydrogen) atoms. The SMILES string of the molecule is CC(C(C(=O)Nc1cc(C(CC(=O)O)C(F)(F)F)ccc1Cl)c1ccc(Cl)cc1)C(F)(F)F. The minimum Gasteiger partial charge on any atom is -0.481 e. The first-order chi connectivity index (χ1) is 15.1. The Bertz CT molecular complexity index is 1010. The Morgan fingerprint density at radius 3 is 1.97 bits per heavy atom. The summed E-state index contributed by atoms with van der Waals surface area (Å²) in [4.78, 5) is 23.8. The Labute approximate surface area is 194 Å². The summed E-state index contributed by atoms with van der Waals surface area (Å²) in [5.74, 6) is -9.21. The number of hydrogen-bond acceptors (Lipinski definition) is 2. The van der Waals surface area contributed by atoms with Gasteiger partial charge in [0.25, 0.3) is 0 Å². The second-order valence-electron chi connectivity index (χ2n) is 7.28. The molecular weight excluding hydrogens is 499 g/mol. The molecule has 180 valence electrons. The summed E-state index contributed by atoms with van der Waals surface area (Å²) < 4.78 is 80.4. The molecule has 0 bridgehead atoms. The molecule has 2 aromatic rings. The Morgan fingerprint density at radius 2 is 1.48 bits per heavy atom. The molecule has 1 amide bonds. The maximum absolute atomic E-state index is 13.5. The molecule has 0 spiro atoms. The van der Waals surface area contributed by atoms with Gasteiger partial charge in [0, 0.05) is 5.02 Å². The molecular formula is C21H17Cl2F6NO3. The molecule has 4 nitrogen and oxygen atoms in total. The van der Waals surface area contributed by atoms with Gasteiger partial charge in [-0.25, -0.2) is 0 Å².